The number of carbonyl (C=O) groups excluding carboxylic acids is 1. The van der Waals surface area contributed by atoms with Crippen LogP contribution in [0.2, 0.25) is 0 Å². The molecule has 0 spiro atoms. The number of nitrogens with zero attached hydrogens (tertiary/aromatic N) is 2. The van der Waals surface area contributed by atoms with Gasteiger partial charge in [-0.25, -0.2) is 4.99 Å². The maximum Gasteiger partial charge on any atom is 0.268 e. The van der Waals surface area contributed by atoms with E-state index >= 15 is 0 Å². The van der Waals surface area contributed by atoms with Crippen LogP contribution in [0.25, 0.3) is 0 Å². The van der Waals surface area contributed by atoms with E-state index in [4.69, 9.17) is 10.3 Å². The van der Waals surface area contributed by atoms with Gasteiger partial charge in [0.2, 0.25) is 5.72 Å². The van der Waals surface area contributed by atoms with E-state index < -0.39 is 21.6 Å². The van der Waals surface area contributed by atoms with Gasteiger partial charge in [-0.15, -0.1) is 0 Å². The van der Waals surface area contributed by atoms with Gasteiger partial charge in [0.1, 0.15) is 5.69 Å². The van der Waals surface area contributed by atoms with Crippen molar-refractivity contribution >= 4 is 59.7 Å². The maximum atomic E-state index is 12.0. The average molecular weight is 528 g/mol. The molecule has 27 heavy (non-hydrogen) atoms. The molecule has 1 aromatic rings. The Labute approximate surface area is 171 Å². The molecular formula is C13H16Br2N6O5S. The number of carbonyl (C=O) groups is 1. The van der Waals surface area contributed by atoms with Gasteiger partial charge in [0, 0.05) is 6.54 Å². The highest BCUT2D eigenvalue weighted by Gasteiger charge is 2.36. The summed E-state index contributed by atoms with van der Waals surface area (Å²) in [4.78, 5) is 22.5. The fourth-order valence-electron chi connectivity index (χ4n) is 2.02. The highest BCUT2D eigenvalue weighted by molar-refractivity contribution is 9.13. The fraction of sp³-hybridized carbons (Fsp3) is 0.308. The highest BCUT2D eigenvalue weighted by Crippen LogP contribution is 2.23. The van der Waals surface area contributed by atoms with Crippen LogP contribution >= 0.6 is 31.9 Å². The van der Waals surface area contributed by atoms with Gasteiger partial charge in [0.25, 0.3) is 16.0 Å². The third-order valence-electron chi connectivity index (χ3n) is 3.21. The monoisotopic (exact) mass is 526 g/mol. The highest BCUT2D eigenvalue weighted by atomic mass is 79.9. The van der Waals surface area contributed by atoms with Crippen LogP contribution in [0.15, 0.2) is 37.3 Å². The predicted octanol–water partition coefficient (Wildman–Crippen LogP) is -0.282. The Kier molecular flexibility index (Phi) is 6.80. The Morgan fingerprint density at radius 3 is 2.78 bits per heavy atom. The van der Waals surface area contributed by atoms with Crippen molar-refractivity contribution in [2.24, 2.45) is 15.7 Å². The zero-order chi connectivity index (χ0) is 20.2. The van der Waals surface area contributed by atoms with Crippen molar-refractivity contribution in [3.8, 4) is 0 Å². The normalized spacial score (nSPS) is 21.5. The summed E-state index contributed by atoms with van der Waals surface area (Å²) >= 11 is 6.49. The molecule has 0 fully saturated rings. The summed E-state index contributed by atoms with van der Waals surface area (Å²) in [5, 5.41) is 15.6. The zero-order valence-corrected chi connectivity index (χ0v) is 17.6. The minimum atomic E-state index is -4.19. The molecule has 7 N–H and O–H groups in total. The van der Waals surface area contributed by atoms with Crippen LogP contribution in [-0.4, -0.2) is 65.3 Å². The molecule has 0 radical (unpaired) electrons. The van der Waals surface area contributed by atoms with Crippen molar-refractivity contribution in [3.05, 3.63) is 33.0 Å². The Bertz CT molecular complexity index is 906. The summed E-state index contributed by atoms with van der Waals surface area (Å²) < 4.78 is 31.5. The van der Waals surface area contributed by atoms with Crippen LogP contribution in [0.3, 0.4) is 0 Å². The lowest BCUT2D eigenvalue weighted by Crippen LogP contribution is -2.40. The first-order valence-electron chi connectivity index (χ1n) is 7.35. The Morgan fingerprint density at radius 2 is 2.19 bits per heavy atom. The second-order valence-corrected chi connectivity index (χ2v) is 8.54. The number of nitrogens with one attached hydrogen (secondary N) is 3. The topological polar surface area (TPSA) is 182 Å². The van der Waals surface area contributed by atoms with E-state index in [1.807, 2.05) is 0 Å². The number of nitrogens with two attached hydrogens (primary N) is 1. The maximum absolute atomic E-state index is 12.0. The number of halogens is 2. The van der Waals surface area contributed by atoms with Gasteiger partial charge in [-0.2, -0.15) is 8.42 Å². The number of aliphatic hydroxyl groups is 1. The molecule has 11 nitrogen and oxygen atoms in total. The van der Waals surface area contributed by atoms with Crippen molar-refractivity contribution in [2.75, 3.05) is 18.8 Å². The summed E-state index contributed by atoms with van der Waals surface area (Å²) in [6.07, 6.45) is 2.68. The fourth-order valence-corrected chi connectivity index (χ4v) is 3.00. The number of guanidine groups is 1. The Balaban J connectivity index is 1.98. The molecule has 0 aliphatic carbocycles. The van der Waals surface area contributed by atoms with Gasteiger partial charge in [0.05, 0.1) is 21.4 Å². The van der Waals surface area contributed by atoms with Gasteiger partial charge < -0.3 is 26.5 Å². The van der Waals surface area contributed by atoms with Crippen molar-refractivity contribution in [1.29, 1.82) is 0 Å². The molecule has 1 amide bonds. The van der Waals surface area contributed by atoms with E-state index in [1.54, 1.807) is 6.07 Å². The van der Waals surface area contributed by atoms with Gasteiger partial charge in [0.15, 0.2) is 11.8 Å². The molecule has 1 atom stereocenters. The van der Waals surface area contributed by atoms with Crippen LogP contribution in [0, 0.1) is 0 Å². The third kappa shape index (κ3) is 6.14. The minimum absolute atomic E-state index is 0.0725. The smallest absolute Gasteiger partial charge is 0.268 e. The van der Waals surface area contributed by atoms with Crippen LogP contribution in [0.5, 0.6) is 0 Å². The molecule has 0 bridgehead atoms. The van der Waals surface area contributed by atoms with E-state index in [2.05, 4.69) is 57.5 Å². The van der Waals surface area contributed by atoms with E-state index in [0.717, 1.165) is 0 Å². The lowest BCUT2D eigenvalue weighted by Gasteiger charge is -2.15. The summed E-state index contributed by atoms with van der Waals surface area (Å²) in [6.45, 7) is -0.226. The molecule has 1 aliphatic heterocycles. The number of amidine groups is 1. The summed E-state index contributed by atoms with van der Waals surface area (Å²) in [5.41, 5.74) is 3.92. The van der Waals surface area contributed by atoms with Crippen LogP contribution in [0.1, 0.15) is 10.5 Å². The van der Waals surface area contributed by atoms with Gasteiger partial charge >= 0.3 is 0 Å². The number of hydrogen-bond donors (Lipinski definition) is 6. The van der Waals surface area contributed by atoms with Crippen LogP contribution in [0.4, 0.5) is 0 Å². The molecular weight excluding hydrogens is 512 g/mol. The van der Waals surface area contributed by atoms with Crippen molar-refractivity contribution < 1.29 is 22.9 Å². The first-order chi connectivity index (χ1) is 12.5. The molecule has 148 valence electrons. The second kappa shape index (κ2) is 8.52. The molecule has 0 aromatic carbocycles. The summed E-state index contributed by atoms with van der Waals surface area (Å²) in [5.74, 6) is -1.19. The number of aromatic nitrogens is 1. The largest absolute Gasteiger partial charge is 0.370 e. The first-order valence-corrected chi connectivity index (χ1v) is 10.5. The molecule has 14 heteroatoms. The number of H-pyrrole nitrogens is 1. The number of hydrogen-bond acceptors (Lipinski definition) is 7. The molecule has 1 aromatic heterocycles. The van der Waals surface area contributed by atoms with Crippen molar-refractivity contribution in [1.82, 2.24) is 15.6 Å². The van der Waals surface area contributed by atoms with Gasteiger partial charge in [-0.1, -0.05) is 6.08 Å². The van der Waals surface area contributed by atoms with Crippen LogP contribution < -0.4 is 16.4 Å². The first kappa shape index (κ1) is 21.6. The van der Waals surface area contributed by atoms with Gasteiger partial charge in [-0.05, 0) is 44.0 Å². The molecule has 2 rings (SSSR count). The van der Waals surface area contributed by atoms with E-state index in [0.29, 0.717) is 14.8 Å². The zero-order valence-electron chi connectivity index (χ0n) is 13.6. The third-order valence-corrected chi connectivity index (χ3v) is 5.69. The number of amides is 1. The van der Waals surface area contributed by atoms with Crippen LogP contribution in [-0.2, 0) is 10.1 Å². The minimum Gasteiger partial charge on any atom is -0.370 e. The average Bonchev–Trinajstić information content (AvgIpc) is 3.02. The Hall–Kier alpha value is -1.74. The standard InChI is InChI=1S/C13H16Br2N6O5S/c14-7-6-8(19-9(7)15)10(22)17-3-1-2-13(23)11(20-12(16)21-13)18-4-5-27(24,25)26/h1-2,6,19,23H,3-5H2,(H,17,22)(H,24,25,26)(H3,16,18,20,21). The second-order valence-electron chi connectivity index (χ2n) is 5.32. The molecule has 0 saturated heterocycles. The van der Waals surface area contributed by atoms with Crippen molar-refractivity contribution in [2.45, 2.75) is 5.72 Å². The van der Waals surface area contributed by atoms with Crippen molar-refractivity contribution in [3.63, 3.8) is 0 Å². The van der Waals surface area contributed by atoms with Gasteiger partial charge in [-0.3, -0.25) is 14.3 Å². The molecule has 2 heterocycles. The van der Waals surface area contributed by atoms with E-state index in [1.165, 1.54) is 12.2 Å². The summed E-state index contributed by atoms with van der Waals surface area (Å²) in [6, 6.07) is 1.60. The quantitative estimate of drug-likeness (QED) is 0.208. The number of rotatable bonds is 7. The SMILES string of the molecule is NC1=NC(O)(C=CCNC(=O)c2cc(Br)c(Br)[nH]2)C(=NCCS(=O)(=O)O)N1. The lowest BCUT2D eigenvalue weighted by molar-refractivity contribution is 0.0953. The molecule has 1 aliphatic rings. The molecule has 1 unspecified atom stereocenters. The summed E-state index contributed by atoms with van der Waals surface area (Å²) in [7, 11) is -4.19. The number of aromatic amines is 1. The molecule has 0 saturated carbocycles. The van der Waals surface area contributed by atoms with E-state index in [9.17, 15) is 18.3 Å². The lowest BCUT2D eigenvalue weighted by atomic mass is 10.2. The Morgan fingerprint density at radius 1 is 1.48 bits per heavy atom. The van der Waals surface area contributed by atoms with E-state index in [-0.39, 0.29) is 30.8 Å². The predicted molar refractivity (Wildman–Crippen MR) is 106 cm³/mol. The number of aliphatic imine (C=N–C) groups is 2.